The van der Waals surface area contributed by atoms with Crippen molar-refractivity contribution >= 4 is 23.2 Å². The topological polar surface area (TPSA) is 12.5 Å². The Bertz CT molecular complexity index is 196. The van der Waals surface area contributed by atoms with Crippen LogP contribution in [-0.4, -0.2) is 36.7 Å². The highest BCUT2D eigenvalue weighted by atomic mass is 35.5. The molecule has 2 atom stereocenters. The number of nitrogens with zero attached hydrogens (tertiary/aromatic N) is 1. The van der Waals surface area contributed by atoms with Crippen LogP contribution in [0.1, 0.15) is 13.8 Å². The van der Waals surface area contributed by atoms with Crippen molar-refractivity contribution in [1.29, 1.82) is 0 Å². The Labute approximate surface area is 89.4 Å². The number of ether oxygens (including phenoxy) is 1. The van der Waals surface area contributed by atoms with Gasteiger partial charge in [-0.15, -0.1) is 0 Å². The van der Waals surface area contributed by atoms with Gasteiger partial charge >= 0.3 is 0 Å². The van der Waals surface area contributed by atoms with E-state index in [4.69, 9.17) is 27.9 Å². The molecule has 1 fully saturated rings. The first-order chi connectivity index (χ1) is 6.15. The molecular weight excluding hydrogens is 209 g/mol. The van der Waals surface area contributed by atoms with Gasteiger partial charge < -0.3 is 4.74 Å². The molecule has 13 heavy (non-hydrogen) atoms. The van der Waals surface area contributed by atoms with E-state index < -0.39 is 0 Å². The summed E-state index contributed by atoms with van der Waals surface area (Å²) in [5.74, 6) is 0. The van der Waals surface area contributed by atoms with Gasteiger partial charge in [0.15, 0.2) is 0 Å². The first-order valence-corrected chi connectivity index (χ1v) is 5.27. The Morgan fingerprint density at radius 1 is 1.62 bits per heavy atom. The van der Waals surface area contributed by atoms with E-state index >= 15 is 0 Å². The second kappa shape index (κ2) is 5.20. The van der Waals surface area contributed by atoms with Crippen LogP contribution in [0.3, 0.4) is 0 Å². The van der Waals surface area contributed by atoms with Crippen molar-refractivity contribution in [1.82, 2.24) is 4.90 Å². The van der Waals surface area contributed by atoms with E-state index in [-0.39, 0.29) is 6.10 Å². The maximum Gasteiger partial charge on any atom is 0.0700 e. The summed E-state index contributed by atoms with van der Waals surface area (Å²) in [6, 6.07) is 0.402. The van der Waals surface area contributed by atoms with E-state index in [2.05, 4.69) is 18.7 Å². The average Bonchev–Trinajstić information content (AvgIpc) is 2.13. The van der Waals surface area contributed by atoms with Crippen molar-refractivity contribution in [3.05, 3.63) is 10.6 Å². The molecule has 0 aliphatic carbocycles. The molecule has 0 radical (unpaired) electrons. The monoisotopic (exact) mass is 223 g/mol. The SMILES string of the molecule is CC1OCCN(C/C(Cl)=C/Cl)C1C. The molecule has 2 unspecified atom stereocenters. The second-order valence-corrected chi connectivity index (χ2v) is 4.05. The molecule has 0 amide bonds. The van der Waals surface area contributed by atoms with Crippen LogP contribution in [0.25, 0.3) is 0 Å². The lowest BCUT2D eigenvalue weighted by Gasteiger charge is -2.37. The highest BCUT2D eigenvalue weighted by Crippen LogP contribution is 2.16. The molecule has 0 saturated carbocycles. The average molecular weight is 224 g/mol. The van der Waals surface area contributed by atoms with Gasteiger partial charge in [-0.3, -0.25) is 4.90 Å². The smallest absolute Gasteiger partial charge is 0.0700 e. The second-order valence-electron chi connectivity index (χ2n) is 3.34. The standard InChI is InChI=1S/C9H15Cl2NO/c1-7-8(2)13-4-3-12(7)6-9(11)5-10/h5,7-8H,3-4,6H2,1-2H3/b9-5-. The van der Waals surface area contributed by atoms with Crippen molar-refractivity contribution < 1.29 is 4.74 Å². The Hall–Kier alpha value is 0.240. The molecule has 0 aromatic carbocycles. The van der Waals surface area contributed by atoms with Gasteiger partial charge in [-0.2, -0.15) is 0 Å². The lowest BCUT2D eigenvalue weighted by Crippen LogP contribution is -2.48. The summed E-state index contributed by atoms with van der Waals surface area (Å²) >= 11 is 11.4. The van der Waals surface area contributed by atoms with Crippen LogP contribution in [0.5, 0.6) is 0 Å². The van der Waals surface area contributed by atoms with Gasteiger partial charge in [0, 0.05) is 29.7 Å². The van der Waals surface area contributed by atoms with Crippen molar-refractivity contribution in [2.45, 2.75) is 26.0 Å². The summed E-state index contributed by atoms with van der Waals surface area (Å²) in [4.78, 5) is 2.27. The van der Waals surface area contributed by atoms with Crippen molar-refractivity contribution in [3.8, 4) is 0 Å². The first-order valence-electron chi connectivity index (χ1n) is 4.45. The normalized spacial score (nSPS) is 32.2. The predicted octanol–water partition coefficient (Wildman–Crippen LogP) is 2.41. The summed E-state index contributed by atoms with van der Waals surface area (Å²) in [5.41, 5.74) is 1.43. The molecule has 0 aromatic rings. The molecule has 1 heterocycles. The minimum atomic E-state index is 0.272. The first kappa shape index (κ1) is 11.3. The third-order valence-electron chi connectivity index (χ3n) is 2.49. The zero-order chi connectivity index (χ0) is 9.84. The molecule has 0 spiro atoms. The zero-order valence-corrected chi connectivity index (χ0v) is 9.48. The van der Waals surface area contributed by atoms with Crippen molar-refractivity contribution in [3.63, 3.8) is 0 Å². The molecule has 1 rings (SSSR count). The Morgan fingerprint density at radius 3 is 2.92 bits per heavy atom. The van der Waals surface area contributed by atoms with E-state index in [1.807, 2.05) is 0 Å². The molecule has 2 nitrogen and oxygen atoms in total. The lowest BCUT2D eigenvalue weighted by atomic mass is 10.1. The van der Waals surface area contributed by atoms with Crippen LogP contribution < -0.4 is 0 Å². The van der Waals surface area contributed by atoms with Gasteiger partial charge in [-0.25, -0.2) is 0 Å². The van der Waals surface area contributed by atoms with Gasteiger partial charge in [0.05, 0.1) is 12.7 Å². The number of morpholine rings is 1. The maximum atomic E-state index is 5.86. The molecular formula is C9H15Cl2NO. The van der Waals surface area contributed by atoms with E-state index in [0.29, 0.717) is 11.1 Å². The van der Waals surface area contributed by atoms with Crippen LogP contribution in [0, 0.1) is 0 Å². The van der Waals surface area contributed by atoms with Crippen LogP contribution in [0.4, 0.5) is 0 Å². The number of hydrogen-bond donors (Lipinski definition) is 0. The fourth-order valence-electron chi connectivity index (χ4n) is 1.45. The fourth-order valence-corrected chi connectivity index (χ4v) is 1.67. The molecule has 1 aliphatic heterocycles. The summed E-state index contributed by atoms with van der Waals surface area (Å²) in [7, 11) is 0. The quantitative estimate of drug-likeness (QED) is 0.714. The fraction of sp³-hybridized carbons (Fsp3) is 0.778. The van der Waals surface area contributed by atoms with Gasteiger partial charge in [0.1, 0.15) is 0 Å². The number of rotatable bonds is 2. The van der Waals surface area contributed by atoms with Crippen LogP contribution in [-0.2, 0) is 4.74 Å². The Kier molecular flexibility index (Phi) is 4.53. The summed E-state index contributed by atoms with van der Waals surface area (Å²) in [6.45, 7) is 6.64. The summed E-state index contributed by atoms with van der Waals surface area (Å²) in [5, 5.41) is 0.683. The van der Waals surface area contributed by atoms with Gasteiger partial charge in [0.25, 0.3) is 0 Å². The minimum Gasteiger partial charge on any atom is -0.376 e. The third-order valence-corrected chi connectivity index (χ3v) is 3.09. The highest BCUT2D eigenvalue weighted by Gasteiger charge is 2.25. The van der Waals surface area contributed by atoms with E-state index in [9.17, 15) is 0 Å². The third kappa shape index (κ3) is 3.13. The van der Waals surface area contributed by atoms with Crippen LogP contribution >= 0.6 is 23.2 Å². The summed E-state index contributed by atoms with van der Waals surface area (Å²) < 4.78 is 5.50. The van der Waals surface area contributed by atoms with Gasteiger partial charge in [0.2, 0.25) is 0 Å². The zero-order valence-electron chi connectivity index (χ0n) is 7.96. The minimum absolute atomic E-state index is 0.272. The molecule has 1 aliphatic rings. The number of hydrogen-bond acceptors (Lipinski definition) is 2. The Balaban J connectivity index is 2.48. The van der Waals surface area contributed by atoms with E-state index in [0.717, 1.165) is 19.7 Å². The molecule has 0 N–H and O–H groups in total. The largest absolute Gasteiger partial charge is 0.376 e. The van der Waals surface area contributed by atoms with Crippen molar-refractivity contribution in [2.75, 3.05) is 19.7 Å². The predicted molar refractivity (Wildman–Crippen MR) is 56.2 cm³/mol. The maximum absolute atomic E-state index is 5.86. The molecule has 0 aromatic heterocycles. The molecule has 4 heteroatoms. The highest BCUT2D eigenvalue weighted by molar-refractivity contribution is 6.36. The van der Waals surface area contributed by atoms with Gasteiger partial charge in [-0.05, 0) is 13.8 Å². The molecule has 76 valence electrons. The van der Waals surface area contributed by atoms with Crippen LogP contribution in [0.2, 0.25) is 0 Å². The van der Waals surface area contributed by atoms with E-state index in [1.165, 1.54) is 5.54 Å². The molecule has 1 saturated heterocycles. The molecule has 0 bridgehead atoms. The van der Waals surface area contributed by atoms with Gasteiger partial charge in [-0.1, -0.05) is 23.2 Å². The van der Waals surface area contributed by atoms with Crippen molar-refractivity contribution in [2.24, 2.45) is 0 Å². The lowest BCUT2D eigenvalue weighted by molar-refractivity contribution is -0.0510. The Morgan fingerprint density at radius 2 is 2.31 bits per heavy atom. The number of halogens is 2. The summed E-state index contributed by atoms with van der Waals surface area (Å²) in [6.07, 6.45) is 0.272. The van der Waals surface area contributed by atoms with Crippen LogP contribution in [0.15, 0.2) is 10.6 Å². The van der Waals surface area contributed by atoms with E-state index in [1.54, 1.807) is 0 Å².